The van der Waals surface area contributed by atoms with E-state index in [-0.39, 0.29) is 0 Å². The quantitative estimate of drug-likeness (QED) is 0.777. The van der Waals surface area contributed by atoms with Gasteiger partial charge in [0.1, 0.15) is 6.04 Å². The normalized spacial score (nSPS) is 12.1. The van der Waals surface area contributed by atoms with E-state index in [0.717, 1.165) is 5.56 Å². The van der Waals surface area contributed by atoms with Crippen molar-refractivity contribution < 1.29 is 9.90 Å². The molecular weight excluding hydrogens is 226 g/mol. The molecule has 0 bridgehead atoms. The van der Waals surface area contributed by atoms with Crippen LogP contribution in [0.2, 0.25) is 5.02 Å². The fourth-order valence-electron chi connectivity index (χ4n) is 1.34. The maximum absolute atomic E-state index is 11.1. The molecule has 0 saturated carbocycles. The summed E-state index contributed by atoms with van der Waals surface area (Å²) in [7, 11) is 0. The number of halogens is 1. The molecule has 86 valence electrons. The van der Waals surface area contributed by atoms with Gasteiger partial charge in [-0.15, -0.1) is 6.58 Å². The molecule has 0 aliphatic rings. The van der Waals surface area contributed by atoms with Crippen LogP contribution in [-0.4, -0.2) is 17.6 Å². The van der Waals surface area contributed by atoms with Crippen molar-refractivity contribution in [2.45, 2.75) is 13.0 Å². The minimum Gasteiger partial charge on any atom is -0.480 e. The molecule has 0 spiro atoms. The van der Waals surface area contributed by atoms with Crippen LogP contribution in [0.25, 0.3) is 0 Å². The van der Waals surface area contributed by atoms with Gasteiger partial charge in [0, 0.05) is 11.6 Å². The van der Waals surface area contributed by atoms with Crippen LogP contribution < -0.4 is 5.32 Å². The number of carboxylic acids is 1. The van der Waals surface area contributed by atoms with E-state index in [2.05, 4.69) is 11.9 Å². The summed E-state index contributed by atoms with van der Waals surface area (Å²) in [6, 6.07) is 4.49. The van der Waals surface area contributed by atoms with Gasteiger partial charge in [0.25, 0.3) is 0 Å². The molecule has 1 rings (SSSR count). The standard InChI is InChI=1S/C12H14ClNO2/c1-3-6-14-11(12(15)16)9-5-4-8(2)10(13)7-9/h3-5,7,11,14H,1,6H2,2H3,(H,15,16). The molecule has 0 amide bonds. The number of benzene rings is 1. The first-order chi connectivity index (χ1) is 7.56. The molecular formula is C12H14ClNO2. The molecule has 0 aliphatic carbocycles. The van der Waals surface area contributed by atoms with Gasteiger partial charge in [0.2, 0.25) is 0 Å². The molecule has 16 heavy (non-hydrogen) atoms. The van der Waals surface area contributed by atoms with E-state index < -0.39 is 12.0 Å². The third-order valence-corrected chi connectivity index (χ3v) is 2.65. The maximum Gasteiger partial charge on any atom is 0.325 e. The summed E-state index contributed by atoms with van der Waals surface area (Å²) in [5.41, 5.74) is 1.57. The van der Waals surface area contributed by atoms with Gasteiger partial charge in [0.15, 0.2) is 0 Å². The van der Waals surface area contributed by atoms with Crippen LogP contribution in [-0.2, 0) is 4.79 Å². The lowest BCUT2D eigenvalue weighted by Crippen LogP contribution is -2.28. The highest BCUT2D eigenvalue weighted by Crippen LogP contribution is 2.21. The highest BCUT2D eigenvalue weighted by Gasteiger charge is 2.18. The molecule has 0 heterocycles. The van der Waals surface area contributed by atoms with Gasteiger partial charge < -0.3 is 5.11 Å². The summed E-state index contributed by atoms with van der Waals surface area (Å²) in [6.45, 7) is 5.84. The Balaban J connectivity index is 2.96. The van der Waals surface area contributed by atoms with E-state index in [4.69, 9.17) is 16.7 Å². The Morgan fingerprint density at radius 3 is 2.88 bits per heavy atom. The van der Waals surface area contributed by atoms with Crippen LogP contribution in [0.1, 0.15) is 17.2 Å². The molecule has 1 aromatic rings. The lowest BCUT2D eigenvalue weighted by molar-refractivity contribution is -0.139. The molecule has 0 radical (unpaired) electrons. The summed E-state index contributed by atoms with van der Waals surface area (Å²) < 4.78 is 0. The van der Waals surface area contributed by atoms with Gasteiger partial charge in [-0.2, -0.15) is 0 Å². The monoisotopic (exact) mass is 239 g/mol. The number of carbonyl (C=O) groups is 1. The zero-order valence-electron chi connectivity index (χ0n) is 9.03. The fraction of sp³-hybridized carbons (Fsp3) is 0.250. The minimum atomic E-state index is -0.929. The summed E-state index contributed by atoms with van der Waals surface area (Å²) >= 11 is 5.96. The second-order valence-electron chi connectivity index (χ2n) is 3.48. The van der Waals surface area contributed by atoms with Crippen molar-refractivity contribution in [1.82, 2.24) is 5.32 Å². The number of aryl methyl sites for hydroxylation is 1. The van der Waals surface area contributed by atoms with Crippen molar-refractivity contribution in [1.29, 1.82) is 0 Å². The number of aliphatic carboxylic acids is 1. The fourth-order valence-corrected chi connectivity index (χ4v) is 1.53. The van der Waals surface area contributed by atoms with E-state index in [0.29, 0.717) is 17.1 Å². The Bertz CT molecular complexity index is 404. The zero-order chi connectivity index (χ0) is 12.1. The van der Waals surface area contributed by atoms with Crippen molar-refractivity contribution in [2.75, 3.05) is 6.54 Å². The highest BCUT2D eigenvalue weighted by atomic mass is 35.5. The summed E-state index contributed by atoms with van der Waals surface area (Å²) in [5, 5.41) is 12.5. The van der Waals surface area contributed by atoms with Gasteiger partial charge in [-0.05, 0) is 24.1 Å². The molecule has 0 aliphatic heterocycles. The SMILES string of the molecule is C=CCNC(C(=O)O)c1ccc(C)c(Cl)c1. The van der Waals surface area contributed by atoms with Crippen molar-refractivity contribution >= 4 is 17.6 Å². The average molecular weight is 240 g/mol. The molecule has 1 aromatic carbocycles. The molecule has 1 unspecified atom stereocenters. The van der Waals surface area contributed by atoms with Crippen molar-refractivity contribution in [2.24, 2.45) is 0 Å². The first-order valence-electron chi connectivity index (χ1n) is 4.89. The Kier molecular flexibility index (Phi) is 4.52. The van der Waals surface area contributed by atoms with Crippen LogP contribution in [0.4, 0.5) is 0 Å². The van der Waals surface area contributed by atoms with Crippen LogP contribution in [0, 0.1) is 6.92 Å². The van der Waals surface area contributed by atoms with Crippen molar-refractivity contribution in [3.8, 4) is 0 Å². The van der Waals surface area contributed by atoms with Gasteiger partial charge in [0.05, 0.1) is 0 Å². The summed E-state index contributed by atoms with van der Waals surface area (Å²) in [4.78, 5) is 11.1. The number of rotatable bonds is 5. The van der Waals surface area contributed by atoms with E-state index in [1.807, 2.05) is 13.0 Å². The minimum absolute atomic E-state index is 0.433. The van der Waals surface area contributed by atoms with Crippen LogP contribution >= 0.6 is 11.6 Å². The van der Waals surface area contributed by atoms with Crippen LogP contribution in [0.5, 0.6) is 0 Å². The topological polar surface area (TPSA) is 49.3 Å². The van der Waals surface area contributed by atoms with Gasteiger partial charge in [-0.3, -0.25) is 10.1 Å². The van der Waals surface area contributed by atoms with E-state index >= 15 is 0 Å². The molecule has 2 N–H and O–H groups in total. The second-order valence-corrected chi connectivity index (χ2v) is 3.88. The highest BCUT2D eigenvalue weighted by molar-refractivity contribution is 6.31. The Morgan fingerprint density at radius 1 is 1.69 bits per heavy atom. The Hall–Kier alpha value is -1.32. The predicted octanol–water partition coefficient (Wildman–Crippen LogP) is 2.55. The lowest BCUT2D eigenvalue weighted by Gasteiger charge is -2.14. The van der Waals surface area contributed by atoms with Crippen molar-refractivity contribution in [3.05, 3.63) is 47.0 Å². The number of hydrogen-bond donors (Lipinski definition) is 2. The molecule has 3 nitrogen and oxygen atoms in total. The number of nitrogens with one attached hydrogen (secondary N) is 1. The second kappa shape index (κ2) is 5.68. The largest absolute Gasteiger partial charge is 0.480 e. The smallest absolute Gasteiger partial charge is 0.325 e. The molecule has 0 aromatic heterocycles. The first kappa shape index (κ1) is 12.7. The van der Waals surface area contributed by atoms with Gasteiger partial charge >= 0.3 is 5.97 Å². The maximum atomic E-state index is 11.1. The third-order valence-electron chi connectivity index (χ3n) is 2.24. The molecule has 4 heteroatoms. The van der Waals surface area contributed by atoms with Gasteiger partial charge in [-0.25, -0.2) is 0 Å². The Labute approximate surface area is 99.7 Å². The molecule has 0 fully saturated rings. The van der Waals surface area contributed by atoms with Gasteiger partial charge in [-0.1, -0.05) is 29.8 Å². The lowest BCUT2D eigenvalue weighted by atomic mass is 10.1. The Morgan fingerprint density at radius 2 is 2.38 bits per heavy atom. The molecule has 0 saturated heterocycles. The molecule has 1 atom stereocenters. The van der Waals surface area contributed by atoms with Crippen LogP contribution in [0.3, 0.4) is 0 Å². The first-order valence-corrected chi connectivity index (χ1v) is 5.27. The number of hydrogen-bond acceptors (Lipinski definition) is 2. The number of carboxylic acid groups (broad SMARTS) is 1. The van der Waals surface area contributed by atoms with Crippen molar-refractivity contribution in [3.63, 3.8) is 0 Å². The van der Waals surface area contributed by atoms with Crippen LogP contribution in [0.15, 0.2) is 30.9 Å². The average Bonchev–Trinajstić information content (AvgIpc) is 2.23. The zero-order valence-corrected chi connectivity index (χ0v) is 9.79. The summed E-state index contributed by atoms with van der Waals surface area (Å²) in [5.74, 6) is -0.929. The van der Waals surface area contributed by atoms with E-state index in [1.165, 1.54) is 0 Å². The van der Waals surface area contributed by atoms with E-state index in [9.17, 15) is 4.79 Å². The summed E-state index contributed by atoms with van der Waals surface area (Å²) in [6.07, 6.45) is 1.62. The predicted molar refractivity (Wildman–Crippen MR) is 64.8 cm³/mol. The third kappa shape index (κ3) is 3.08. The van der Waals surface area contributed by atoms with E-state index in [1.54, 1.807) is 18.2 Å².